The molecule has 1 rings (SSSR count). The maximum Gasteiger partial charge on any atom is 0.364 e. The van der Waals surface area contributed by atoms with Gasteiger partial charge in [0.1, 0.15) is 0 Å². The van der Waals surface area contributed by atoms with E-state index in [2.05, 4.69) is 4.98 Å². The van der Waals surface area contributed by atoms with Crippen LogP contribution in [0.2, 0.25) is 0 Å². The fourth-order valence-corrected chi connectivity index (χ4v) is 0.790. The van der Waals surface area contributed by atoms with Crippen LogP contribution >= 0.6 is 0 Å². The standard InChI is InChI=1S/C10H8FNO2/c11-9(10(13)14)5-1-3-8-4-2-6-12-7-8/h1-7H,(H,13,14). The zero-order chi connectivity index (χ0) is 10.4. The molecular weight excluding hydrogens is 185 g/mol. The second-order valence-electron chi connectivity index (χ2n) is 2.47. The third-order valence-electron chi connectivity index (χ3n) is 1.42. The zero-order valence-electron chi connectivity index (χ0n) is 7.22. The highest BCUT2D eigenvalue weighted by atomic mass is 19.1. The van der Waals surface area contributed by atoms with E-state index in [0.29, 0.717) is 0 Å². The molecular formula is C10H8FNO2. The van der Waals surface area contributed by atoms with Gasteiger partial charge in [-0.1, -0.05) is 18.2 Å². The Balaban J connectivity index is 2.66. The van der Waals surface area contributed by atoms with E-state index in [1.807, 2.05) is 0 Å². The van der Waals surface area contributed by atoms with Gasteiger partial charge in [0.25, 0.3) is 0 Å². The molecule has 1 aromatic rings. The van der Waals surface area contributed by atoms with E-state index in [9.17, 15) is 9.18 Å². The summed E-state index contributed by atoms with van der Waals surface area (Å²) in [6, 6.07) is 3.51. The quantitative estimate of drug-likeness (QED) is 0.590. The SMILES string of the molecule is O=C(O)C(F)=CC=Cc1cccnc1. The average molecular weight is 193 g/mol. The Labute approximate surface area is 80.2 Å². The number of pyridine rings is 1. The summed E-state index contributed by atoms with van der Waals surface area (Å²) in [6.45, 7) is 0. The lowest BCUT2D eigenvalue weighted by molar-refractivity contribution is -0.134. The largest absolute Gasteiger partial charge is 0.476 e. The second kappa shape index (κ2) is 4.91. The molecule has 0 aliphatic rings. The van der Waals surface area contributed by atoms with Gasteiger partial charge in [-0.15, -0.1) is 0 Å². The minimum atomic E-state index is -1.57. The molecule has 3 nitrogen and oxygen atoms in total. The van der Waals surface area contributed by atoms with Gasteiger partial charge in [0.2, 0.25) is 5.83 Å². The van der Waals surface area contributed by atoms with E-state index in [0.717, 1.165) is 11.6 Å². The Kier molecular flexibility index (Phi) is 3.55. The Morgan fingerprint density at radius 3 is 2.93 bits per heavy atom. The van der Waals surface area contributed by atoms with Crippen molar-refractivity contribution < 1.29 is 14.3 Å². The van der Waals surface area contributed by atoms with Crippen LogP contribution in [0.4, 0.5) is 4.39 Å². The first kappa shape index (κ1) is 10.1. The number of hydrogen-bond acceptors (Lipinski definition) is 2. The number of carboxylic acid groups (broad SMARTS) is 1. The van der Waals surface area contributed by atoms with Gasteiger partial charge in [0.05, 0.1) is 0 Å². The molecule has 0 bridgehead atoms. The summed E-state index contributed by atoms with van der Waals surface area (Å²) in [5.41, 5.74) is 0.780. The monoisotopic (exact) mass is 193 g/mol. The number of carbonyl (C=O) groups is 1. The fraction of sp³-hybridized carbons (Fsp3) is 0. The summed E-state index contributed by atoms with van der Waals surface area (Å²) in [5.74, 6) is -2.76. The first-order valence-corrected chi connectivity index (χ1v) is 3.87. The molecule has 1 N–H and O–H groups in total. The van der Waals surface area contributed by atoms with Crippen LogP contribution in [-0.4, -0.2) is 16.1 Å². The molecule has 0 unspecified atom stereocenters. The maximum atomic E-state index is 12.4. The first-order valence-electron chi connectivity index (χ1n) is 3.87. The van der Waals surface area contributed by atoms with Gasteiger partial charge in [-0.25, -0.2) is 4.79 Å². The zero-order valence-corrected chi connectivity index (χ0v) is 7.22. The summed E-state index contributed by atoms with van der Waals surface area (Å²) in [6.07, 6.45) is 6.97. The number of hydrogen-bond donors (Lipinski definition) is 1. The van der Waals surface area contributed by atoms with Crippen molar-refractivity contribution >= 4 is 12.0 Å². The first-order chi connectivity index (χ1) is 6.70. The highest BCUT2D eigenvalue weighted by Crippen LogP contribution is 2.01. The molecule has 0 aliphatic heterocycles. The number of halogens is 1. The van der Waals surface area contributed by atoms with Crippen molar-refractivity contribution in [3.05, 3.63) is 48.1 Å². The number of nitrogens with zero attached hydrogens (tertiary/aromatic N) is 1. The van der Waals surface area contributed by atoms with Crippen LogP contribution in [-0.2, 0) is 4.79 Å². The molecule has 0 aliphatic carbocycles. The van der Waals surface area contributed by atoms with Crippen LogP contribution in [0.15, 0.2) is 42.5 Å². The number of carboxylic acids is 1. The molecule has 0 aromatic carbocycles. The van der Waals surface area contributed by atoms with Gasteiger partial charge in [-0.05, 0) is 17.7 Å². The van der Waals surface area contributed by atoms with Gasteiger partial charge in [0, 0.05) is 12.4 Å². The molecule has 1 heterocycles. The van der Waals surface area contributed by atoms with Crippen molar-refractivity contribution in [1.82, 2.24) is 4.98 Å². The summed E-state index contributed by atoms with van der Waals surface area (Å²) >= 11 is 0. The van der Waals surface area contributed by atoms with Crippen molar-refractivity contribution in [2.45, 2.75) is 0 Å². The number of rotatable bonds is 3. The molecule has 14 heavy (non-hydrogen) atoms. The predicted molar refractivity (Wildman–Crippen MR) is 50.1 cm³/mol. The molecule has 0 saturated heterocycles. The molecule has 0 amide bonds. The summed E-state index contributed by atoms with van der Waals surface area (Å²) in [4.78, 5) is 13.9. The van der Waals surface area contributed by atoms with Crippen molar-refractivity contribution in [2.24, 2.45) is 0 Å². The van der Waals surface area contributed by atoms with Crippen molar-refractivity contribution in [3.63, 3.8) is 0 Å². The molecule has 4 heteroatoms. The molecule has 0 atom stereocenters. The minimum absolute atomic E-state index is 0.780. The minimum Gasteiger partial charge on any atom is -0.476 e. The molecule has 0 saturated carbocycles. The van der Waals surface area contributed by atoms with Gasteiger partial charge >= 0.3 is 5.97 Å². The predicted octanol–water partition coefficient (Wildman–Crippen LogP) is 2.03. The highest BCUT2D eigenvalue weighted by Gasteiger charge is 2.01. The topological polar surface area (TPSA) is 50.2 Å². The third kappa shape index (κ3) is 3.18. The number of allylic oxidation sites excluding steroid dienone is 2. The van der Waals surface area contributed by atoms with Crippen molar-refractivity contribution in [1.29, 1.82) is 0 Å². The van der Waals surface area contributed by atoms with E-state index >= 15 is 0 Å². The van der Waals surface area contributed by atoms with Crippen LogP contribution in [0.3, 0.4) is 0 Å². The van der Waals surface area contributed by atoms with Crippen molar-refractivity contribution in [2.75, 3.05) is 0 Å². The van der Waals surface area contributed by atoms with E-state index < -0.39 is 11.8 Å². The smallest absolute Gasteiger partial charge is 0.364 e. The number of aliphatic carboxylic acids is 1. The molecule has 1 aromatic heterocycles. The maximum absolute atomic E-state index is 12.4. The van der Waals surface area contributed by atoms with Crippen LogP contribution in [0.5, 0.6) is 0 Å². The molecule has 0 radical (unpaired) electrons. The lowest BCUT2D eigenvalue weighted by atomic mass is 10.2. The summed E-state index contributed by atoms with van der Waals surface area (Å²) in [5, 5.41) is 8.19. The van der Waals surface area contributed by atoms with Crippen LogP contribution < -0.4 is 0 Å². The average Bonchev–Trinajstić information content (AvgIpc) is 2.19. The van der Waals surface area contributed by atoms with E-state index in [-0.39, 0.29) is 0 Å². The lowest BCUT2D eigenvalue weighted by Gasteiger charge is -1.88. The fourth-order valence-electron chi connectivity index (χ4n) is 0.790. The van der Waals surface area contributed by atoms with Crippen LogP contribution in [0.1, 0.15) is 5.56 Å². The summed E-state index contributed by atoms with van der Waals surface area (Å²) < 4.78 is 12.4. The van der Waals surface area contributed by atoms with Gasteiger partial charge in [-0.3, -0.25) is 4.98 Å². The third-order valence-corrected chi connectivity index (χ3v) is 1.42. The highest BCUT2D eigenvalue weighted by molar-refractivity contribution is 5.84. The Bertz CT molecular complexity index is 371. The molecule has 0 spiro atoms. The molecule has 72 valence electrons. The van der Waals surface area contributed by atoms with Gasteiger partial charge in [-0.2, -0.15) is 4.39 Å². The van der Waals surface area contributed by atoms with Crippen LogP contribution in [0, 0.1) is 0 Å². The van der Waals surface area contributed by atoms with Crippen LogP contribution in [0.25, 0.3) is 6.08 Å². The lowest BCUT2D eigenvalue weighted by Crippen LogP contribution is -1.93. The van der Waals surface area contributed by atoms with E-state index in [1.165, 1.54) is 6.08 Å². The second-order valence-corrected chi connectivity index (χ2v) is 2.47. The Morgan fingerprint density at radius 1 is 1.57 bits per heavy atom. The number of aromatic nitrogens is 1. The Hall–Kier alpha value is -1.97. The van der Waals surface area contributed by atoms with Gasteiger partial charge < -0.3 is 5.11 Å². The van der Waals surface area contributed by atoms with Gasteiger partial charge in [0.15, 0.2) is 0 Å². The summed E-state index contributed by atoms with van der Waals surface area (Å²) in [7, 11) is 0. The normalized spacial score (nSPS) is 11.9. The van der Waals surface area contributed by atoms with Crippen molar-refractivity contribution in [3.8, 4) is 0 Å². The van der Waals surface area contributed by atoms with E-state index in [1.54, 1.807) is 30.6 Å². The Morgan fingerprint density at radius 2 is 2.36 bits per heavy atom. The molecule has 0 fully saturated rings. The van der Waals surface area contributed by atoms with E-state index in [4.69, 9.17) is 5.11 Å².